The maximum absolute atomic E-state index is 13.8. The molecule has 0 saturated carbocycles. The second-order valence-corrected chi connectivity index (χ2v) is 29.6. The lowest BCUT2D eigenvalue weighted by atomic mass is 9.89. The number of aromatic nitrogens is 5. The number of nitrogen functional groups attached to an aromatic ring is 1. The number of likely N-dealkylation sites (tertiary alicyclic amines) is 2. The van der Waals surface area contributed by atoms with Crippen LogP contribution in [0.5, 0.6) is 0 Å². The third-order valence-electron chi connectivity index (χ3n) is 13.5. The smallest absolute Gasteiger partial charge is 0.314 e. The number of likely N-dealkylation sites (N-methyl/N-ethyl adjacent to an activating group) is 2. The van der Waals surface area contributed by atoms with Gasteiger partial charge in [0, 0.05) is 52.7 Å². The first-order valence-electron chi connectivity index (χ1n) is 25.1. The molecule has 388 valence electrons. The number of carbonyl (C=O) groups excluding carboxylic acids is 4. The molecular weight excluding hydrogens is 965 g/mol. The number of hydrogen-bond donors (Lipinski definition) is 3. The van der Waals surface area contributed by atoms with Gasteiger partial charge in [0.1, 0.15) is 12.5 Å². The first-order valence-corrected chi connectivity index (χ1v) is 30.4. The Balaban J connectivity index is 0.000000240. The maximum Gasteiger partial charge on any atom is 0.314 e. The van der Waals surface area contributed by atoms with Crippen LogP contribution >= 0.6 is 22.7 Å². The zero-order chi connectivity index (χ0) is 52.2. The van der Waals surface area contributed by atoms with E-state index in [4.69, 9.17) is 26.2 Å². The first-order chi connectivity index (χ1) is 34.1. The van der Waals surface area contributed by atoms with Gasteiger partial charge in [-0.15, -0.1) is 22.7 Å². The Morgan fingerprint density at radius 3 is 1.79 bits per heavy atom. The minimum atomic E-state index is -1.25. The third-order valence-corrected chi connectivity index (χ3v) is 17.7. The quantitative estimate of drug-likeness (QED) is 0.0535. The molecule has 2 saturated heterocycles. The van der Waals surface area contributed by atoms with E-state index >= 15 is 0 Å². The molecular formula is C52H74N12O5S2Si. The molecule has 5 N–H and O–H groups in total. The number of ether oxygens (including phenoxy) is 1. The molecule has 2 aliphatic heterocycles. The summed E-state index contributed by atoms with van der Waals surface area (Å²) < 4.78 is 9.85. The second-order valence-electron chi connectivity index (χ2n) is 21.8. The Morgan fingerprint density at radius 2 is 1.31 bits per heavy atom. The number of piperidine rings is 2. The number of pyridine rings is 1. The molecule has 2 aliphatic rings. The van der Waals surface area contributed by atoms with Gasteiger partial charge in [0.05, 0.1) is 71.5 Å². The number of thiazole rings is 2. The number of fused-ring (bicyclic) bond motifs is 3. The van der Waals surface area contributed by atoms with Crippen LogP contribution in [0.4, 0.5) is 11.5 Å². The van der Waals surface area contributed by atoms with Crippen molar-refractivity contribution >= 4 is 97.2 Å². The molecule has 0 radical (unpaired) electrons. The zero-order valence-corrected chi connectivity index (χ0v) is 46.5. The van der Waals surface area contributed by atoms with E-state index in [2.05, 4.69) is 137 Å². The number of amides is 4. The van der Waals surface area contributed by atoms with E-state index < -0.39 is 31.7 Å². The van der Waals surface area contributed by atoms with Crippen LogP contribution in [0, 0.1) is 11.8 Å². The summed E-state index contributed by atoms with van der Waals surface area (Å²) in [7, 11) is 7.02. The summed E-state index contributed by atoms with van der Waals surface area (Å²) in [5, 5.41) is 10.1. The zero-order valence-electron chi connectivity index (χ0n) is 43.9. The highest BCUT2D eigenvalue weighted by Crippen LogP contribution is 2.39. The molecule has 6 heterocycles. The van der Waals surface area contributed by atoms with Crippen molar-refractivity contribution < 1.29 is 23.9 Å². The minimum Gasteiger partial charge on any atom is -0.383 e. The Hall–Kier alpha value is -5.38. The Kier molecular flexibility index (Phi) is 17.5. The average Bonchev–Trinajstić information content (AvgIpc) is 4.08. The lowest BCUT2D eigenvalue weighted by Crippen LogP contribution is -2.46. The molecule has 6 aromatic rings. The molecule has 6 atom stereocenters. The summed E-state index contributed by atoms with van der Waals surface area (Å²) in [4.78, 5) is 72.9. The van der Waals surface area contributed by atoms with Crippen molar-refractivity contribution in [2.45, 2.75) is 110 Å². The van der Waals surface area contributed by atoms with Crippen molar-refractivity contribution in [1.82, 2.24) is 44.3 Å². The summed E-state index contributed by atoms with van der Waals surface area (Å²) in [5.41, 5.74) is 16.3. The van der Waals surface area contributed by atoms with Crippen LogP contribution < -0.4 is 16.8 Å². The fourth-order valence-electron chi connectivity index (χ4n) is 9.75. The standard InChI is InChI=1S/C32H46N8O3SSi.C20H28N4O2S/c1-20-8-10-26(22-9-11-27-24(14-22)37-31(44-27)21(2)18-38(3)4)39(17-20)32(42)30(41)36-25-16-34-29(33)23-15-35-40(28(23)25)19-43-12-13-45(5,6)7;1-12-5-7-16(24(10-12)20(26)18(21)25)14-6-8-17-15(9-14)22-19(27-17)13(2)11-23(3)4/h9,11,14-16,20-21,26H,8,10,12-13,17-19H2,1-7H3,(H2,33,34)(H,36,41);6,8-9,12-13,16H,5,7,10-11H2,1-4H3,(H2,21,25)/t20-,21?,26+;12-,13?,16+/m00/s1. The fourth-order valence-corrected chi connectivity index (χ4v) is 12.5. The van der Waals surface area contributed by atoms with Gasteiger partial charge in [0.15, 0.2) is 0 Å². The van der Waals surface area contributed by atoms with E-state index in [0.717, 1.165) is 86.4 Å². The van der Waals surface area contributed by atoms with Crippen molar-refractivity contribution in [3.63, 3.8) is 0 Å². The van der Waals surface area contributed by atoms with Crippen molar-refractivity contribution in [1.29, 1.82) is 0 Å². The summed E-state index contributed by atoms with van der Waals surface area (Å²) in [5.74, 6) is -1.15. The Labute approximate surface area is 432 Å². The van der Waals surface area contributed by atoms with Crippen LogP contribution in [0.2, 0.25) is 25.7 Å². The molecule has 2 aromatic carbocycles. The molecule has 0 aliphatic carbocycles. The molecule has 4 aromatic heterocycles. The summed E-state index contributed by atoms with van der Waals surface area (Å²) in [6, 6.07) is 13.2. The number of anilines is 2. The van der Waals surface area contributed by atoms with Gasteiger partial charge in [-0.1, -0.05) is 59.5 Å². The van der Waals surface area contributed by atoms with Crippen molar-refractivity contribution in [3.8, 4) is 0 Å². The molecule has 0 spiro atoms. The molecule has 4 amide bonds. The number of primary amides is 1. The summed E-state index contributed by atoms with van der Waals surface area (Å²) in [6.45, 7) is 19.2. The van der Waals surface area contributed by atoms with Crippen LogP contribution in [0.25, 0.3) is 31.3 Å². The average molecular weight is 1040 g/mol. The number of carbonyl (C=O) groups is 4. The molecule has 2 fully saturated rings. The van der Waals surface area contributed by atoms with Gasteiger partial charge >= 0.3 is 23.6 Å². The van der Waals surface area contributed by atoms with E-state index in [0.29, 0.717) is 59.9 Å². The Bertz CT molecular complexity index is 2890. The van der Waals surface area contributed by atoms with Gasteiger partial charge in [-0.25, -0.2) is 19.6 Å². The highest BCUT2D eigenvalue weighted by Gasteiger charge is 2.36. The third kappa shape index (κ3) is 13.2. The van der Waals surface area contributed by atoms with Crippen molar-refractivity contribution in [2.24, 2.45) is 17.6 Å². The van der Waals surface area contributed by atoms with E-state index in [1.54, 1.807) is 43.4 Å². The Morgan fingerprint density at radius 1 is 0.792 bits per heavy atom. The van der Waals surface area contributed by atoms with Gasteiger partial charge in [0.2, 0.25) is 0 Å². The summed E-state index contributed by atoms with van der Waals surface area (Å²) >= 11 is 3.44. The topological polar surface area (TPSA) is 211 Å². The number of nitrogens with two attached hydrogens (primary N) is 2. The van der Waals surface area contributed by atoms with E-state index in [1.165, 1.54) is 6.20 Å². The molecule has 0 bridgehead atoms. The van der Waals surface area contributed by atoms with Crippen LogP contribution in [0.1, 0.15) is 98.4 Å². The molecule has 17 nitrogen and oxygen atoms in total. The predicted octanol–water partition coefficient (Wildman–Crippen LogP) is 8.29. The minimum absolute atomic E-state index is 0.116. The van der Waals surface area contributed by atoms with Gasteiger partial charge < -0.3 is 41.1 Å². The number of nitrogens with zero attached hydrogens (tertiary/aromatic N) is 9. The number of rotatable bonds is 14. The second kappa shape index (κ2) is 23.2. The van der Waals surface area contributed by atoms with Gasteiger partial charge in [0.25, 0.3) is 0 Å². The van der Waals surface area contributed by atoms with Crippen LogP contribution in [0.15, 0.2) is 48.8 Å². The van der Waals surface area contributed by atoms with Gasteiger partial charge in [-0.2, -0.15) is 5.10 Å². The van der Waals surface area contributed by atoms with Gasteiger partial charge in [-0.05, 0) is 107 Å². The van der Waals surface area contributed by atoms with E-state index in [-0.39, 0.29) is 24.7 Å². The fraction of sp³-hybridized carbons (Fsp3) is 0.538. The van der Waals surface area contributed by atoms with E-state index in [9.17, 15) is 19.2 Å². The largest absolute Gasteiger partial charge is 0.383 e. The van der Waals surface area contributed by atoms with Crippen LogP contribution in [0.3, 0.4) is 0 Å². The van der Waals surface area contributed by atoms with Crippen molar-refractivity contribution in [2.75, 3.05) is 72.0 Å². The highest BCUT2D eigenvalue weighted by molar-refractivity contribution is 7.19. The SMILES string of the molecule is CC(CN(C)C)c1nc2cc([C@H]3CC[C@H](C)CN3C(=O)C(=O)Nc3cnc(N)c4cnn(COCC[Si](C)(C)C)c34)ccc2s1.CC(CN(C)C)c1nc2cc([C@H]3CC[C@H](C)CN3C(=O)C(N)=O)ccc2s1. The normalized spacial score (nSPS) is 19.5. The van der Waals surface area contributed by atoms with Crippen LogP contribution in [-0.2, 0) is 30.6 Å². The number of hydrogen-bond acceptors (Lipinski definition) is 14. The maximum atomic E-state index is 13.8. The number of nitrogens with one attached hydrogen (secondary N) is 1. The highest BCUT2D eigenvalue weighted by atomic mass is 32.1. The molecule has 8 rings (SSSR count). The number of benzene rings is 2. The predicted molar refractivity (Wildman–Crippen MR) is 293 cm³/mol. The molecule has 2 unspecified atom stereocenters. The molecule has 72 heavy (non-hydrogen) atoms. The monoisotopic (exact) mass is 1040 g/mol. The first kappa shape index (κ1) is 54.4. The van der Waals surface area contributed by atoms with Crippen LogP contribution in [-0.4, -0.2) is 137 Å². The van der Waals surface area contributed by atoms with Gasteiger partial charge in [-0.3, -0.25) is 19.2 Å². The molecule has 20 heteroatoms. The van der Waals surface area contributed by atoms with Crippen molar-refractivity contribution in [3.05, 3.63) is 69.9 Å². The summed E-state index contributed by atoms with van der Waals surface area (Å²) in [6.07, 6.45) is 6.68. The lowest BCUT2D eigenvalue weighted by Gasteiger charge is -2.38. The lowest BCUT2D eigenvalue weighted by molar-refractivity contribution is -0.147. The van der Waals surface area contributed by atoms with E-state index in [1.807, 2.05) is 0 Å².